The quantitative estimate of drug-likeness (QED) is 0.801. The van der Waals surface area contributed by atoms with Crippen LogP contribution in [0.25, 0.3) is 6.08 Å². The maximum absolute atomic E-state index is 11.0. The largest absolute Gasteiger partial charge is 0.493 e. The Morgan fingerprint density at radius 3 is 2.26 bits per heavy atom. The number of nitrogens with two attached hydrogens (primary N) is 1. The third kappa shape index (κ3) is 4.17. The highest BCUT2D eigenvalue weighted by molar-refractivity contribution is 7.84. The van der Waals surface area contributed by atoms with Gasteiger partial charge < -0.3 is 13.7 Å². The molecule has 7 nitrogen and oxygen atoms in total. The number of hydrogen-bond donors (Lipinski definition) is 1. The molecule has 1 aromatic carbocycles. The van der Waals surface area contributed by atoms with E-state index >= 15 is 0 Å². The van der Waals surface area contributed by atoms with Gasteiger partial charge in [-0.25, -0.2) is 0 Å². The Balaban J connectivity index is 3.40. The smallest absolute Gasteiger partial charge is 0.380 e. The molecule has 0 fully saturated rings. The molecule has 0 radical (unpaired) electrons. The van der Waals surface area contributed by atoms with Gasteiger partial charge in [-0.1, -0.05) is 0 Å². The highest BCUT2D eigenvalue weighted by Gasteiger charge is 2.14. The minimum absolute atomic E-state index is 0.0633. The monoisotopic (exact) mass is 284 g/mol. The predicted molar refractivity (Wildman–Crippen MR) is 67.9 cm³/mol. The number of methoxy groups -OCH3 is 2. The fourth-order valence-corrected chi connectivity index (χ4v) is 1.73. The van der Waals surface area contributed by atoms with Gasteiger partial charge in [-0.3, -0.25) is 0 Å². The summed E-state index contributed by atoms with van der Waals surface area (Å²) in [4.78, 5) is 0. The summed E-state index contributed by atoms with van der Waals surface area (Å²) < 4.78 is 36.7. The summed E-state index contributed by atoms with van der Waals surface area (Å²) in [6.07, 6.45) is 2.53. The molecule has 102 valence electrons. The van der Waals surface area contributed by atoms with Gasteiger partial charge >= 0.3 is 10.3 Å². The molecule has 1 rings (SSSR count). The molecule has 0 aliphatic carbocycles. The molecule has 0 bridgehead atoms. The van der Waals surface area contributed by atoms with Crippen LogP contribution in [-0.4, -0.2) is 22.6 Å². The van der Waals surface area contributed by atoms with E-state index < -0.39 is 10.3 Å². The Morgan fingerprint density at radius 2 is 1.79 bits per heavy atom. The molecule has 0 heterocycles. The van der Waals surface area contributed by atoms with Crippen LogP contribution in [0.1, 0.15) is 5.56 Å². The standard InChI is InChI=1S/C11H12N2O5S/c1-16-10-6-8(4-3-5-12)9(7-11(10)17-2)18-19(13,14)15/h3-4,6-7H,1-2H3,(H2,13,14,15). The highest BCUT2D eigenvalue weighted by atomic mass is 32.2. The molecular formula is C11H12N2O5S. The van der Waals surface area contributed by atoms with E-state index in [0.29, 0.717) is 11.3 Å². The molecule has 0 saturated heterocycles. The van der Waals surface area contributed by atoms with E-state index in [1.165, 1.54) is 32.4 Å². The van der Waals surface area contributed by atoms with Crippen LogP contribution >= 0.6 is 0 Å². The fourth-order valence-electron chi connectivity index (χ4n) is 1.33. The maximum Gasteiger partial charge on any atom is 0.380 e. The molecule has 19 heavy (non-hydrogen) atoms. The Morgan fingerprint density at radius 1 is 1.21 bits per heavy atom. The molecule has 0 spiro atoms. The number of nitriles is 1. The van der Waals surface area contributed by atoms with Crippen LogP contribution in [0.3, 0.4) is 0 Å². The van der Waals surface area contributed by atoms with Gasteiger partial charge in [0, 0.05) is 17.7 Å². The van der Waals surface area contributed by atoms with Crippen molar-refractivity contribution in [2.75, 3.05) is 14.2 Å². The van der Waals surface area contributed by atoms with Crippen LogP contribution < -0.4 is 18.8 Å². The van der Waals surface area contributed by atoms with Crippen molar-refractivity contribution in [3.8, 4) is 23.3 Å². The summed E-state index contributed by atoms with van der Waals surface area (Å²) in [6.45, 7) is 0. The Kier molecular flexibility index (Phi) is 4.74. The van der Waals surface area contributed by atoms with Gasteiger partial charge in [0.25, 0.3) is 0 Å². The number of allylic oxidation sites excluding steroid dienone is 1. The van der Waals surface area contributed by atoms with E-state index in [2.05, 4.69) is 4.18 Å². The van der Waals surface area contributed by atoms with Crippen molar-refractivity contribution in [1.29, 1.82) is 5.26 Å². The number of rotatable bonds is 5. The van der Waals surface area contributed by atoms with Crippen LogP contribution in [0.5, 0.6) is 17.2 Å². The van der Waals surface area contributed by atoms with E-state index in [1.54, 1.807) is 6.07 Å². The van der Waals surface area contributed by atoms with Crippen molar-refractivity contribution in [3.63, 3.8) is 0 Å². The first-order chi connectivity index (χ1) is 8.91. The second kappa shape index (κ2) is 6.08. The maximum atomic E-state index is 11.0. The minimum atomic E-state index is -4.18. The Labute approximate surface area is 111 Å². The van der Waals surface area contributed by atoms with Crippen LogP contribution in [-0.2, 0) is 10.3 Å². The third-order valence-electron chi connectivity index (χ3n) is 2.06. The lowest BCUT2D eigenvalue weighted by Gasteiger charge is -2.12. The van der Waals surface area contributed by atoms with Gasteiger partial charge in [-0.05, 0) is 12.1 Å². The zero-order valence-corrected chi connectivity index (χ0v) is 11.1. The van der Waals surface area contributed by atoms with Gasteiger partial charge in [0.1, 0.15) is 0 Å². The summed E-state index contributed by atoms with van der Waals surface area (Å²) in [5, 5.41) is 13.3. The first-order valence-corrected chi connectivity index (χ1v) is 6.42. The second-order valence-corrected chi connectivity index (χ2v) is 4.44. The van der Waals surface area contributed by atoms with Gasteiger partial charge in [-0.2, -0.15) is 18.8 Å². The predicted octanol–water partition coefficient (Wildman–Crippen LogP) is 0.823. The Bertz CT molecular complexity index is 631. The van der Waals surface area contributed by atoms with E-state index in [-0.39, 0.29) is 11.5 Å². The van der Waals surface area contributed by atoms with Gasteiger partial charge in [0.05, 0.1) is 20.3 Å². The molecule has 0 aliphatic rings. The molecule has 8 heteroatoms. The summed E-state index contributed by atoms with van der Waals surface area (Å²) in [5.41, 5.74) is 0.313. The van der Waals surface area contributed by atoms with Gasteiger partial charge in [-0.15, -0.1) is 0 Å². The topological polar surface area (TPSA) is 112 Å². The average Bonchev–Trinajstić information content (AvgIpc) is 2.34. The van der Waals surface area contributed by atoms with E-state index in [1.807, 2.05) is 0 Å². The van der Waals surface area contributed by atoms with E-state index in [0.717, 1.165) is 6.08 Å². The number of ether oxygens (including phenoxy) is 2. The van der Waals surface area contributed by atoms with Crippen molar-refractivity contribution in [2.45, 2.75) is 0 Å². The van der Waals surface area contributed by atoms with E-state index in [4.69, 9.17) is 19.9 Å². The third-order valence-corrected chi connectivity index (χ3v) is 2.47. The van der Waals surface area contributed by atoms with Crippen molar-refractivity contribution >= 4 is 16.4 Å². The van der Waals surface area contributed by atoms with Crippen LogP contribution in [0.4, 0.5) is 0 Å². The van der Waals surface area contributed by atoms with Crippen molar-refractivity contribution in [2.24, 2.45) is 5.14 Å². The number of hydrogen-bond acceptors (Lipinski definition) is 6. The lowest BCUT2D eigenvalue weighted by atomic mass is 10.1. The first-order valence-electron chi connectivity index (χ1n) is 4.95. The van der Waals surface area contributed by atoms with Crippen molar-refractivity contribution in [3.05, 3.63) is 23.8 Å². The van der Waals surface area contributed by atoms with Crippen LogP contribution in [0.15, 0.2) is 18.2 Å². The van der Waals surface area contributed by atoms with Gasteiger partial charge in [0.15, 0.2) is 17.2 Å². The average molecular weight is 284 g/mol. The summed E-state index contributed by atoms with van der Waals surface area (Å²) in [6, 6.07) is 4.55. The molecule has 0 aromatic heterocycles. The van der Waals surface area contributed by atoms with Crippen LogP contribution in [0, 0.1) is 11.3 Å². The molecule has 0 aliphatic heterocycles. The fraction of sp³-hybridized carbons (Fsp3) is 0.182. The van der Waals surface area contributed by atoms with Crippen LogP contribution in [0.2, 0.25) is 0 Å². The Hall–Kier alpha value is -2.24. The van der Waals surface area contributed by atoms with Crippen molar-refractivity contribution < 1.29 is 22.1 Å². The normalized spacial score (nSPS) is 11.1. The van der Waals surface area contributed by atoms with E-state index in [9.17, 15) is 8.42 Å². The summed E-state index contributed by atoms with van der Waals surface area (Å²) in [5.74, 6) is 0.573. The summed E-state index contributed by atoms with van der Waals surface area (Å²) in [7, 11) is -1.36. The van der Waals surface area contributed by atoms with Gasteiger partial charge in [0.2, 0.25) is 0 Å². The lowest BCUT2D eigenvalue weighted by Crippen LogP contribution is -2.19. The zero-order chi connectivity index (χ0) is 14.5. The SMILES string of the molecule is COc1cc(C=CC#N)c(OS(N)(=O)=O)cc1OC. The molecule has 0 unspecified atom stereocenters. The molecule has 0 saturated carbocycles. The molecule has 0 atom stereocenters. The number of benzene rings is 1. The zero-order valence-electron chi connectivity index (χ0n) is 10.3. The second-order valence-electron chi connectivity index (χ2n) is 3.28. The minimum Gasteiger partial charge on any atom is -0.493 e. The summed E-state index contributed by atoms with van der Waals surface area (Å²) >= 11 is 0. The molecule has 1 aromatic rings. The first kappa shape index (κ1) is 14.8. The molecule has 2 N–H and O–H groups in total. The highest BCUT2D eigenvalue weighted by Crippen LogP contribution is 2.35. The number of nitrogens with zero attached hydrogens (tertiary/aromatic N) is 1. The molecular weight excluding hydrogens is 272 g/mol. The molecule has 0 amide bonds. The van der Waals surface area contributed by atoms with Crippen molar-refractivity contribution in [1.82, 2.24) is 0 Å². The lowest BCUT2D eigenvalue weighted by molar-refractivity contribution is 0.353.